The Morgan fingerprint density at radius 2 is 0.522 bits per heavy atom. The van der Waals surface area contributed by atoms with Crippen LogP contribution in [0.5, 0.6) is 0 Å². The molecule has 5 heterocycles. The molecule has 0 atom stereocenters. The van der Waals surface area contributed by atoms with E-state index >= 15 is 0 Å². The number of piperazine rings is 3. The summed E-state index contributed by atoms with van der Waals surface area (Å²) in [6.07, 6.45) is 6.66. The van der Waals surface area contributed by atoms with Crippen LogP contribution < -0.4 is 31.9 Å². The van der Waals surface area contributed by atoms with Gasteiger partial charge in [0.05, 0.1) is 11.1 Å². The lowest BCUT2D eigenvalue weighted by molar-refractivity contribution is -0.129. The number of amides is 7. The molecule has 6 N–H and O–H groups in total. The lowest BCUT2D eigenvalue weighted by atomic mass is 9.95. The van der Waals surface area contributed by atoms with E-state index in [1.807, 2.05) is 225 Å². The number of carbonyl (C=O) groups is 12. The van der Waals surface area contributed by atoms with Crippen molar-refractivity contribution in [2.24, 2.45) is 32.5 Å². The van der Waals surface area contributed by atoms with Gasteiger partial charge in [0.15, 0.2) is 28.9 Å². The highest BCUT2D eigenvalue weighted by Crippen LogP contribution is 2.26. The highest BCUT2D eigenvalue weighted by atomic mass is 32.2. The molecule has 25 nitrogen and oxygen atoms in total. The summed E-state index contributed by atoms with van der Waals surface area (Å²) in [7, 11) is 2.15. The molecule has 5 aliphatic heterocycles. The number of hydrogen-bond acceptors (Lipinski definition) is 20. The van der Waals surface area contributed by atoms with Gasteiger partial charge in [0.1, 0.15) is 0 Å². The van der Waals surface area contributed by atoms with Crippen LogP contribution in [0.3, 0.4) is 0 Å². The second-order valence-electron chi connectivity index (χ2n) is 43.0. The van der Waals surface area contributed by atoms with Crippen LogP contribution in [0.1, 0.15) is 289 Å². The molecule has 5 aliphatic rings. The lowest BCUT2D eigenvalue weighted by Crippen LogP contribution is -2.48. The number of benzene rings is 6. The Morgan fingerprint density at radius 1 is 0.294 bits per heavy atom. The summed E-state index contributed by atoms with van der Waals surface area (Å²) in [5.74, 6) is 2.66. The number of nitrogens with one attached hydrogen (secondary N) is 6. The zero-order chi connectivity index (χ0) is 100.0. The summed E-state index contributed by atoms with van der Waals surface area (Å²) in [5.41, 5.74) is 7.75. The zero-order valence-electron chi connectivity index (χ0n) is 85.5. The minimum Gasteiger partial charge on any atom is -0.352 e. The molecule has 0 bridgehead atoms. The van der Waals surface area contributed by atoms with E-state index in [-0.39, 0.29) is 99.5 Å². The number of rotatable bonds is 36. The maximum Gasteiger partial charge on any atom is 0.261 e. The fourth-order valence-electron chi connectivity index (χ4n) is 15.4. The predicted molar refractivity (Wildman–Crippen MR) is 548 cm³/mol. The van der Waals surface area contributed by atoms with Gasteiger partial charge >= 0.3 is 0 Å². The van der Waals surface area contributed by atoms with Crippen LogP contribution in [0.2, 0.25) is 0 Å². The first-order valence-electron chi connectivity index (χ1n) is 49.2. The molecule has 0 radical (unpaired) electrons. The molecule has 0 saturated carbocycles. The largest absolute Gasteiger partial charge is 0.352 e. The lowest BCUT2D eigenvalue weighted by Gasteiger charge is -2.37. The van der Waals surface area contributed by atoms with E-state index in [9.17, 15) is 57.5 Å². The van der Waals surface area contributed by atoms with Gasteiger partial charge in [-0.2, -0.15) is 11.8 Å². The smallest absolute Gasteiger partial charge is 0.261 e. The molecule has 0 unspecified atom stereocenters. The molecular formula is C110H161N13O12S. The summed E-state index contributed by atoms with van der Waals surface area (Å²) in [6, 6.07) is 44.3. The molecule has 6 aromatic rings. The molecule has 11 rings (SSSR count). The van der Waals surface area contributed by atoms with Crippen LogP contribution in [0, 0.1) is 32.5 Å². The number of nitrogens with zero attached hydrogens (tertiary/aromatic N) is 7. The third-order valence-electron chi connectivity index (χ3n) is 24.3. The Balaban J connectivity index is 0.000000232. The quantitative estimate of drug-likeness (QED) is 0.0157. The topological polar surface area (TPSA) is 300 Å². The Labute approximate surface area is 816 Å². The third kappa shape index (κ3) is 41.5. The standard InChI is InChI=1S/C25H41N3O2.C24H26N2O4.C21H33N3O2.C20H31N3O2.C20H30N2O2S/c1-24(2,3)19-28-16-14-27(15-17-28)13-7-8-22(29)21-11-9-20(10-12-21)18-26-23(30)25(4,5)6;1-24(2,3)23(30)25-15-16-10-12-17(13-11-16)20(27)9-6-14-26-21(28)18-7-4-5-8-19(18)22(26)29;1-21(2,3)20(26)22-16-17-7-9-18(10-8-17)19(25)6-5-11-24-14-12-23(4)13-15-24;1-20(2,3)19(25)22-15-16-6-8-17(9-7-16)18(24)5-4-12-23-13-10-21-11-14-23;1-20(2,3)19(24)21-15-16-6-8-17(9-7-16)18(23)5-4-10-22-11-13-25-14-12-22/h9-12H,7-8,13-19H2,1-6H3,(H,26,30);4-5,7-8,10-13H,6,9,14-15H2,1-3H3,(H,25,30);7-10H,5-6,11-16H2,1-4H3,(H,22,26);6-9,21H,4-5,10-15H2,1-3H3,(H,22,25);6-9H,4-5,10-15H2,1-3H3,(H,21,24). The molecule has 0 aliphatic carbocycles. The van der Waals surface area contributed by atoms with Crippen molar-refractivity contribution in [3.05, 3.63) is 212 Å². The second kappa shape index (κ2) is 55.1. The molecule has 4 fully saturated rings. The fraction of sp³-hybridized carbons (Fsp3) is 0.564. The zero-order valence-corrected chi connectivity index (χ0v) is 86.3. The predicted octanol–water partition coefficient (Wildman–Crippen LogP) is 15.7. The normalized spacial score (nSPS) is 15.5. The molecule has 26 heteroatoms. The first kappa shape index (κ1) is 113. The van der Waals surface area contributed by atoms with Crippen molar-refractivity contribution in [1.82, 2.24) is 66.2 Å². The van der Waals surface area contributed by atoms with Crippen molar-refractivity contribution < 1.29 is 57.5 Å². The Kier molecular flexibility index (Phi) is 45.9. The van der Waals surface area contributed by atoms with E-state index in [4.69, 9.17) is 0 Å². The molecule has 4 saturated heterocycles. The maximum absolute atomic E-state index is 12.5. The van der Waals surface area contributed by atoms with E-state index < -0.39 is 10.8 Å². The van der Waals surface area contributed by atoms with Crippen molar-refractivity contribution >= 4 is 82.0 Å². The van der Waals surface area contributed by atoms with Gasteiger partial charge in [-0.15, -0.1) is 0 Å². The number of ketones is 5. The molecular weight excluding hydrogens is 1730 g/mol. The van der Waals surface area contributed by atoms with Crippen molar-refractivity contribution in [1.29, 1.82) is 0 Å². The summed E-state index contributed by atoms with van der Waals surface area (Å²) in [6.45, 7) is 58.3. The summed E-state index contributed by atoms with van der Waals surface area (Å²) >= 11 is 2.01. The molecule has 6 aromatic carbocycles. The Morgan fingerprint density at radius 3 is 0.772 bits per heavy atom. The van der Waals surface area contributed by atoms with Crippen molar-refractivity contribution in [2.75, 3.05) is 149 Å². The average molecular weight is 1890 g/mol. The number of likely N-dealkylation sites (N-methyl/N-ethyl adjacent to an activating group) is 1. The number of fused-ring (bicyclic) bond motifs is 1. The van der Waals surface area contributed by atoms with Gasteiger partial charge < -0.3 is 61.3 Å². The van der Waals surface area contributed by atoms with Crippen LogP contribution >= 0.6 is 11.8 Å². The number of thioether (sulfide) groups is 1. The van der Waals surface area contributed by atoms with E-state index in [0.717, 1.165) is 200 Å². The second-order valence-corrected chi connectivity index (χ2v) is 44.2. The van der Waals surface area contributed by atoms with Gasteiger partial charge in [0.25, 0.3) is 11.8 Å². The fourth-order valence-corrected chi connectivity index (χ4v) is 16.3. The van der Waals surface area contributed by atoms with Crippen LogP contribution in [0.4, 0.5) is 0 Å². The minimum atomic E-state index is -0.449. The highest BCUT2D eigenvalue weighted by Gasteiger charge is 2.35. The number of hydrogen-bond donors (Lipinski definition) is 6. The van der Waals surface area contributed by atoms with E-state index in [1.165, 1.54) is 16.4 Å². The average Bonchev–Trinajstić information content (AvgIpc) is 1.64. The summed E-state index contributed by atoms with van der Waals surface area (Å²) in [5, 5.41) is 17.9. The highest BCUT2D eigenvalue weighted by molar-refractivity contribution is 7.99. The molecule has 7 amide bonds. The number of carbonyl (C=O) groups excluding carboxylic acids is 12. The van der Waals surface area contributed by atoms with Crippen molar-refractivity contribution in [3.8, 4) is 0 Å². The van der Waals surface area contributed by atoms with Gasteiger partial charge in [-0.3, -0.25) is 62.4 Å². The van der Waals surface area contributed by atoms with Gasteiger partial charge in [-0.1, -0.05) is 258 Å². The van der Waals surface area contributed by atoms with Gasteiger partial charge in [-0.05, 0) is 111 Å². The van der Waals surface area contributed by atoms with Gasteiger partial charge in [0, 0.05) is 236 Å². The van der Waals surface area contributed by atoms with Gasteiger partial charge in [-0.25, -0.2) is 0 Å². The van der Waals surface area contributed by atoms with Crippen LogP contribution in [-0.4, -0.2) is 254 Å². The SMILES string of the molecule is CC(C)(C)C(=O)NCc1ccc(C(=O)CCCN2C(=O)c3ccccc3C2=O)cc1.CC(C)(C)C(=O)NCc1ccc(C(=O)CCCN2CCNCC2)cc1.CC(C)(C)C(=O)NCc1ccc(C(=O)CCCN2CCSCC2)cc1.CC(C)(C)CN1CCN(CCCC(=O)c2ccc(CNC(=O)C(C)(C)C)cc2)CC1.CN1CCN(CCCC(=O)c2ccc(CNC(=O)C(C)(C)C)cc2)CC1. The summed E-state index contributed by atoms with van der Waals surface area (Å²) < 4.78 is 0. The Hall–Kier alpha value is -9.77. The number of Topliss-reactive ketones (excluding diaryl/α,β-unsaturated/α-hetero) is 5. The van der Waals surface area contributed by atoms with Crippen LogP contribution in [0.25, 0.3) is 0 Å². The monoisotopic (exact) mass is 1890 g/mol. The molecule has 744 valence electrons. The number of imide groups is 1. The first-order chi connectivity index (χ1) is 64.1. The van der Waals surface area contributed by atoms with E-state index in [2.05, 4.69) is 89.1 Å². The van der Waals surface area contributed by atoms with Crippen LogP contribution in [0.15, 0.2) is 146 Å². The third-order valence-corrected chi connectivity index (χ3v) is 25.2. The van der Waals surface area contributed by atoms with E-state index in [0.29, 0.717) is 86.9 Å². The van der Waals surface area contributed by atoms with E-state index in [1.54, 1.807) is 36.4 Å². The van der Waals surface area contributed by atoms with Crippen LogP contribution in [-0.2, 0) is 56.7 Å². The van der Waals surface area contributed by atoms with Crippen molar-refractivity contribution in [3.63, 3.8) is 0 Å². The summed E-state index contributed by atoms with van der Waals surface area (Å²) in [4.78, 5) is 162. The molecule has 136 heavy (non-hydrogen) atoms. The Bertz CT molecular complexity index is 4680. The molecule has 0 aromatic heterocycles. The van der Waals surface area contributed by atoms with Gasteiger partial charge in [0.2, 0.25) is 29.5 Å². The maximum atomic E-state index is 12.5. The minimum absolute atomic E-state index is 0.0283. The molecule has 0 spiro atoms. The first-order valence-corrected chi connectivity index (χ1v) is 50.3. The van der Waals surface area contributed by atoms with Crippen molar-refractivity contribution in [2.45, 2.75) is 222 Å².